The molecule has 4 heteroatoms. The summed E-state index contributed by atoms with van der Waals surface area (Å²) < 4.78 is 5.21. The van der Waals surface area contributed by atoms with Crippen molar-refractivity contribution in [1.29, 1.82) is 0 Å². The third-order valence-corrected chi connectivity index (χ3v) is 2.31. The first kappa shape index (κ1) is 9.15. The lowest BCUT2D eigenvalue weighted by Gasteiger charge is -2.29. The Balaban J connectivity index is 2.22. The number of phenols is 2. The maximum atomic E-state index is 9.60. The summed E-state index contributed by atoms with van der Waals surface area (Å²) in [7, 11) is 0. The molecule has 4 nitrogen and oxygen atoms in total. The predicted molar refractivity (Wildman–Crippen MR) is 52.8 cm³/mol. The summed E-state index contributed by atoms with van der Waals surface area (Å²) in [5.74, 6) is 0.200. The first-order valence-electron chi connectivity index (χ1n) is 4.62. The van der Waals surface area contributed by atoms with Crippen LogP contribution < -0.4 is 4.90 Å². The Hall–Kier alpha value is -1.42. The van der Waals surface area contributed by atoms with Gasteiger partial charge in [0.2, 0.25) is 0 Å². The van der Waals surface area contributed by atoms with Gasteiger partial charge < -0.3 is 19.8 Å². The van der Waals surface area contributed by atoms with E-state index in [1.165, 1.54) is 6.07 Å². The highest BCUT2D eigenvalue weighted by Gasteiger charge is 2.14. The zero-order valence-corrected chi connectivity index (χ0v) is 7.81. The van der Waals surface area contributed by atoms with Crippen LogP contribution >= 0.6 is 0 Å². The molecule has 2 N–H and O–H groups in total. The zero-order chi connectivity index (χ0) is 9.97. The molecule has 0 amide bonds. The van der Waals surface area contributed by atoms with E-state index in [1.54, 1.807) is 12.1 Å². The lowest BCUT2D eigenvalue weighted by atomic mass is 10.2. The molecular weight excluding hydrogens is 182 g/mol. The van der Waals surface area contributed by atoms with Crippen LogP contribution in [0.25, 0.3) is 0 Å². The minimum atomic E-state index is 0.0829. The van der Waals surface area contributed by atoms with Crippen LogP contribution in [0.3, 0.4) is 0 Å². The van der Waals surface area contributed by atoms with Crippen molar-refractivity contribution in [3.8, 4) is 11.5 Å². The highest BCUT2D eigenvalue weighted by Crippen LogP contribution is 2.30. The molecule has 0 bridgehead atoms. The van der Waals surface area contributed by atoms with Crippen LogP contribution in [0.1, 0.15) is 0 Å². The topological polar surface area (TPSA) is 52.9 Å². The van der Waals surface area contributed by atoms with E-state index in [4.69, 9.17) is 9.84 Å². The summed E-state index contributed by atoms with van der Waals surface area (Å²) in [6, 6.07) is 4.64. The molecule has 0 aromatic heterocycles. The zero-order valence-electron chi connectivity index (χ0n) is 7.81. The number of hydrogen-bond donors (Lipinski definition) is 2. The van der Waals surface area contributed by atoms with Gasteiger partial charge in [-0.25, -0.2) is 0 Å². The summed E-state index contributed by atoms with van der Waals surface area (Å²) >= 11 is 0. The van der Waals surface area contributed by atoms with Crippen LogP contribution in [0.2, 0.25) is 0 Å². The number of aromatic hydroxyl groups is 2. The molecule has 1 aromatic carbocycles. The monoisotopic (exact) mass is 195 g/mol. The van der Waals surface area contributed by atoms with Gasteiger partial charge in [-0.05, 0) is 12.1 Å². The first-order valence-corrected chi connectivity index (χ1v) is 4.62. The molecule has 0 aliphatic carbocycles. The fraction of sp³-hybridized carbons (Fsp3) is 0.400. The SMILES string of the molecule is Oc1ccc(N2CCOCC2)c(O)c1. The average Bonchev–Trinajstić information content (AvgIpc) is 2.19. The van der Waals surface area contributed by atoms with Crippen molar-refractivity contribution < 1.29 is 14.9 Å². The second-order valence-corrected chi connectivity index (χ2v) is 3.27. The van der Waals surface area contributed by atoms with Crippen molar-refractivity contribution in [3.05, 3.63) is 18.2 Å². The van der Waals surface area contributed by atoms with Crippen molar-refractivity contribution in [2.24, 2.45) is 0 Å². The third kappa shape index (κ3) is 1.75. The van der Waals surface area contributed by atoms with Gasteiger partial charge >= 0.3 is 0 Å². The minimum Gasteiger partial charge on any atom is -0.508 e. The maximum absolute atomic E-state index is 9.60. The van der Waals surface area contributed by atoms with Gasteiger partial charge in [-0.1, -0.05) is 0 Å². The second kappa shape index (κ2) is 3.75. The Kier molecular flexibility index (Phi) is 2.45. The standard InChI is InChI=1S/C10H13NO3/c12-8-1-2-9(10(13)7-8)11-3-5-14-6-4-11/h1-2,7,12-13H,3-6H2. The van der Waals surface area contributed by atoms with E-state index in [0.29, 0.717) is 13.2 Å². The Morgan fingerprint density at radius 3 is 2.50 bits per heavy atom. The van der Waals surface area contributed by atoms with Gasteiger partial charge in [-0.3, -0.25) is 0 Å². The fourth-order valence-corrected chi connectivity index (χ4v) is 1.58. The molecule has 2 rings (SSSR count). The van der Waals surface area contributed by atoms with E-state index in [1.807, 2.05) is 4.90 Å². The smallest absolute Gasteiger partial charge is 0.142 e. The van der Waals surface area contributed by atoms with E-state index < -0.39 is 0 Å². The molecule has 0 saturated carbocycles. The van der Waals surface area contributed by atoms with Gasteiger partial charge in [0.1, 0.15) is 11.5 Å². The van der Waals surface area contributed by atoms with Crippen LogP contribution in [0.4, 0.5) is 5.69 Å². The molecule has 0 atom stereocenters. The van der Waals surface area contributed by atoms with E-state index in [-0.39, 0.29) is 11.5 Å². The Morgan fingerprint density at radius 1 is 1.14 bits per heavy atom. The molecule has 76 valence electrons. The van der Waals surface area contributed by atoms with Gasteiger partial charge in [-0.15, -0.1) is 0 Å². The second-order valence-electron chi connectivity index (χ2n) is 3.27. The number of benzene rings is 1. The van der Waals surface area contributed by atoms with Gasteiger partial charge in [0.25, 0.3) is 0 Å². The molecule has 1 saturated heterocycles. The molecule has 1 fully saturated rings. The fourth-order valence-electron chi connectivity index (χ4n) is 1.58. The molecule has 1 heterocycles. The number of rotatable bonds is 1. The lowest BCUT2D eigenvalue weighted by Crippen LogP contribution is -2.36. The number of morpholine rings is 1. The minimum absolute atomic E-state index is 0.0829. The molecule has 1 aliphatic heterocycles. The number of phenolic OH excluding ortho intramolecular Hbond substituents is 2. The van der Waals surface area contributed by atoms with E-state index >= 15 is 0 Å². The number of nitrogens with zero attached hydrogens (tertiary/aromatic N) is 1. The maximum Gasteiger partial charge on any atom is 0.142 e. The summed E-state index contributed by atoms with van der Waals surface area (Å²) in [5, 5.41) is 18.7. The van der Waals surface area contributed by atoms with Crippen LogP contribution in [0, 0.1) is 0 Å². The van der Waals surface area contributed by atoms with E-state index in [2.05, 4.69) is 0 Å². The number of ether oxygens (including phenoxy) is 1. The Labute approximate surface area is 82.3 Å². The Morgan fingerprint density at radius 2 is 1.86 bits per heavy atom. The highest BCUT2D eigenvalue weighted by molar-refractivity contribution is 5.60. The summed E-state index contributed by atoms with van der Waals surface area (Å²) in [4.78, 5) is 2.04. The Bertz CT molecular complexity index is 321. The van der Waals surface area contributed by atoms with E-state index in [9.17, 15) is 5.11 Å². The average molecular weight is 195 g/mol. The van der Waals surface area contributed by atoms with Crippen molar-refractivity contribution in [2.45, 2.75) is 0 Å². The molecule has 0 unspecified atom stereocenters. The number of hydrogen-bond acceptors (Lipinski definition) is 4. The van der Waals surface area contributed by atoms with Crippen molar-refractivity contribution in [2.75, 3.05) is 31.2 Å². The third-order valence-electron chi connectivity index (χ3n) is 2.31. The van der Waals surface area contributed by atoms with Crippen molar-refractivity contribution in [1.82, 2.24) is 0 Å². The largest absolute Gasteiger partial charge is 0.508 e. The molecule has 1 aliphatic rings. The molecule has 0 radical (unpaired) electrons. The lowest BCUT2D eigenvalue weighted by molar-refractivity contribution is 0.122. The summed E-state index contributed by atoms with van der Waals surface area (Å²) in [5.41, 5.74) is 0.756. The van der Waals surface area contributed by atoms with Crippen molar-refractivity contribution in [3.63, 3.8) is 0 Å². The first-order chi connectivity index (χ1) is 6.77. The van der Waals surface area contributed by atoms with Crippen molar-refractivity contribution >= 4 is 5.69 Å². The normalized spacial score (nSPS) is 17.0. The van der Waals surface area contributed by atoms with Gasteiger partial charge in [0.15, 0.2) is 0 Å². The quantitative estimate of drug-likeness (QED) is 0.700. The molecule has 14 heavy (non-hydrogen) atoms. The summed E-state index contributed by atoms with van der Waals surface area (Å²) in [6.07, 6.45) is 0. The number of anilines is 1. The predicted octanol–water partition coefficient (Wildman–Crippen LogP) is 0.934. The molecule has 1 aromatic rings. The van der Waals surface area contributed by atoms with Gasteiger partial charge in [0.05, 0.1) is 18.9 Å². The van der Waals surface area contributed by atoms with Crippen LogP contribution in [-0.2, 0) is 4.74 Å². The van der Waals surface area contributed by atoms with Gasteiger partial charge in [0, 0.05) is 19.2 Å². The van der Waals surface area contributed by atoms with Crippen LogP contribution in [-0.4, -0.2) is 36.5 Å². The van der Waals surface area contributed by atoms with Gasteiger partial charge in [-0.2, -0.15) is 0 Å². The molecule has 0 spiro atoms. The highest BCUT2D eigenvalue weighted by atomic mass is 16.5. The molecular formula is C10H13NO3. The van der Waals surface area contributed by atoms with Crippen LogP contribution in [0.5, 0.6) is 11.5 Å². The van der Waals surface area contributed by atoms with Crippen LogP contribution in [0.15, 0.2) is 18.2 Å². The summed E-state index contributed by atoms with van der Waals surface area (Å²) in [6.45, 7) is 2.91. The van der Waals surface area contributed by atoms with E-state index in [0.717, 1.165) is 18.8 Å².